The van der Waals surface area contributed by atoms with Gasteiger partial charge in [0.15, 0.2) is 0 Å². The Hall–Kier alpha value is -0.870. The van der Waals surface area contributed by atoms with Crippen LogP contribution < -0.4 is 5.73 Å². The van der Waals surface area contributed by atoms with E-state index in [2.05, 4.69) is 29.2 Å². The summed E-state index contributed by atoms with van der Waals surface area (Å²) in [5, 5.41) is 7.11. The molecule has 3 N–H and O–H groups in total. The smallest absolute Gasteiger partial charge is 0.0789 e. The van der Waals surface area contributed by atoms with Gasteiger partial charge in [-0.25, -0.2) is 0 Å². The van der Waals surface area contributed by atoms with Crippen molar-refractivity contribution in [2.45, 2.75) is 19.4 Å². The van der Waals surface area contributed by atoms with Crippen LogP contribution in [0.15, 0.2) is 6.07 Å². The highest BCUT2D eigenvalue weighted by Crippen LogP contribution is 2.07. The SMILES string of the molecule is CC(N)c1cc(CCN(C)C)[nH]n1. The van der Waals surface area contributed by atoms with Crippen molar-refractivity contribution >= 4 is 0 Å². The van der Waals surface area contributed by atoms with E-state index in [0.717, 1.165) is 24.4 Å². The summed E-state index contributed by atoms with van der Waals surface area (Å²) in [7, 11) is 4.12. The Balaban J connectivity index is 2.49. The number of H-pyrrole nitrogens is 1. The Morgan fingerprint density at radius 2 is 2.31 bits per heavy atom. The van der Waals surface area contributed by atoms with Crippen molar-refractivity contribution in [2.75, 3.05) is 20.6 Å². The first-order chi connectivity index (χ1) is 6.09. The number of nitrogens with two attached hydrogens (primary N) is 1. The van der Waals surface area contributed by atoms with Gasteiger partial charge in [-0.3, -0.25) is 5.10 Å². The summed E-state index contributed by atoms with van der Waals surface area (Å²) >= 11 is 0. The second-order valence-corrected chi connectivity index (χ2v) is 3.66. The largest absolute Gasteiger partial charge is 0.323 e. The molecule has 0 saturated heterocycles. The Kier molecular flexibility index (Phi) is 3.45. The molecule has 0 amide bonds. The Labute approximate surface area is 79.1 Å². The molecule has 1 heterocycles. The lowest BCUT2D eigenvalue weighted by Crippen LogP contribution is -2.15. The molecule has 0 radical (unpaired) electrons. The number of hydrogen-bond acceptors (Lipinski definition) is 3. The average Bonchev–Trinajstić information content (AvgIpc) is 2.48. The number of nitrogens with one attached hydrogen (secondary N) is 1. The van der Waals surface area contributed by atoms with Crippen molar-refractivity contribution in [1.82, 2.24) is 15.1 Å². The zero-order valence-electron chi connectivity index (χ0n) is 8.54. The van der Waals surface area contributed by atoms with Crippen LogP contribution >= 0.6 is 0 Å². The fourth-order valence-corrected chi connectivity index (χ4v) is 1.08. The van der Waals surface area contributed by atoms with Gasteiger partial charge >= 0.3 is 0 Å². The van der Waals surface area contributed by atoms with E-state index < -0.39 is 0 Å². The summed E-state index contributed by atoms with van der Waals surface area (Å²) in [5.74, 6) is 0. The third-order valence-corrected chi connectivity index (χ3v) is 1.95. The van der Waals surface area contributed by atoms with Crippen LogP contribution in [-0.2, 0) is 6.42 Å². The fraction of sp³-hybridized carbons (Fsp3) is 0.667. The van der Waals surface area contributed by atoms with Gasteiger partial charge in [0.2, 0.25) is 0 Å². The second kappa shape index (κ2) is 4.39. The molecule has 1 aromatic heterocycles. The van der Waals surface area contributed by atoms with E-state index in [0.29, 0.717) is 0 Å². The molecular weight excluding hydrogens is 164 g/mol. The van der Waals surface area contributed by atoms with Crippen LogP contribution in [0.4, 0.5) is 0 Å². The van der Waals surface area contributed by atoms with Crippen LogP contribution in [0.2, 0.25) is 0 Å². The topological polar surface area (TPSA) is 57.9 Å². The minimum atomic E-state index is 0.0179. The first kappa shape index (κ1) is 10.2. The van der Waals surface area contributed by atoms with Crippen LogP contribution in [0.3, 0.4) is 0 Å². The van der Waals surface area contributed by atoms with Gasteiger partial charge in [-0.15, -0.1) is 0 Å². The number of likely N-dealkylation sites (N-methyl/N-ethyl adjacent to an activating group) is 1. The molecule has 0 fully saturated rings. The fourth-order valence-electron chi connectivity index (χ4n) is 1.08. The van der Waals surface area contributed by atoms with Crippen molar-refractivity contribution in [2.24, 2.45) is 5.73 Å². The molecule has 0 aromatic carbocycles. The molecule has 0 aliphatic carbocycles. The molecule has 1 aromatic rings. The van der Waals surface area contributed by atoms with Crippen LogP contribution in [0, 0.1) is 0 Å². The molecule has 74 valence electrons. The molecule has 13 heavy (non-hydrogen) atoms. The molecule has 1 atom stereocenters. The van der Waals surface area contributed by atoms with E-state index in [-0.39, 0.29) is 6.04 Å². The van der Waals surface area contributed by atoms with Crippen molar-refractivity contribution < 1.29 is 0 Å². The van der Waals surface area contributed by atoms with Gasteiger partial charge in [0.1, 0.15) is 0 Å². The van der Waals surface area contributed by atoms with Gasteiger partial charge in [-0.05, 0) is 27.1 Å². The summed E-state index contributed by atoms with van der Waals surface area (Å²) in [6, 6.07) is 2.05. The molecule has 4 nitrogen and oxygen atoms in total. The third-order valence-electron chi connectivity index (χ3n) is 1.95. The zero-order chi connectivity index (χ0) is 9.84. The molecule has 1 unspecified atom stereocenters. The molecule has 4 heteroatoms. The molecule has 1 rings (SSSR count). The van der Waals surface area contributed by atoms with E-state index in [4.69, 9.17) is 5.73 Å². The minimum Gasteiger partial charge on any atom is -0.323 e. The molecular formula is C9H18N4. The lowest BCUT2D eigenvalue weighted by Gasteiger charge is -2.06. The Morgan fingerprint density at radius 1 is 1.62 bits per heavy atom. The van der Waals surface area contributed by atoms with Crippen molar-refractivity contribution in [3.63, 3.8) is 0 Å². The maximum Gasteiger partial charge on any atom is 0.0789 e. The maximum absolute atomic E-state index is 5.69. The zero-order valence-corrected chi connectivity index (χ0v) is 8.54. The predicted octanol–water partition coefficient (Wildman–Crippen LogP) is 0.533. The number of rotatable bonds is 4. The van der Waals surface area contributed by atoms with Crippen LogP contribution in [-0.4, -0.2) is 35.7 Å². The Morgan fingerprint density at radius 3 is 2.77 bits per heavy atom. The predicted molar refractivity (Wildman–Crippen MR) is 53.4 cm³/mol. The monoisotopic (exact) mass is 182 g/mol. The van der Waals surface area contributed by atoms with Crippen LogP contribution in [0.25, 0.3) is 0 Å². The van der Waals surface area contributed by atoms with E-state index in [1.807, 2.05) is 13.0 Å². The normalized spacial score (nSPS) is 13.6. The molecule has 0 aliphatic rings. The van der Waals surface area contributed by atoms with Gasteiger partial charge < -0.3 is 10.6 Å². The lowest BCUT2D eigenvalue weighted by atomic mass is 10.2. The highest BCUT2D eigenvalue weighted by molar-refractivity contribution is 5.11. The van der Waals surface area contributed by atoms with Crippen LogP contribution in [0.5, 0.6) is 0 Å². The average molecular weight is 182 g/mol. The highest BCUT2D eigenvalue weighted by Gasteiger charge is 2.04. The summed E-state index contributed by atoms with van der Waals surface area (Å²) in [4.78, 5) is 2.15. The van der Waals surface area contributed by atoms with Crippen molar-refractivity contribution in [1.29, 1.82) is 0 Å². The first-order valence-corrected chi connectivity index (χ1v) is 4.54. The molecule has 0 saturated carbocycles. The number of aromatic amines is 1. The highest BCUT2D eigenvalue weighted by atomic mass is 15.1. The molecule has 0 bridgehead atoms. The summed E-state index contributed by atoms with van der Waals surface area (Å²) < 4.78 is 0. The first-order valence-electron chi connectivity index (χ1n) is 4.54. The summed E-state index contributed by atoms with van der Waals surface area (Å²) in [6.45, 7) is 2.96. The minimum absolute atomic E-state index is 0.0179. The number of aromatic nitrogens is 2. The Bertz CT molecular complexity index is 252. The standard InChI is InChI=1S/C9H18N4/c1-7(10)9-6-8(11-12-9)4-5-13(2)3/h6-7H,4-5,10H2,1-3H3,(H,11,12). The van der Waals surface area contributed by atoms with E-state index in [1.54, 1.807) is 0 Å². The van der Waals surface area contributed by atoms with Crippen LogP contribution in [0.1, 0.15) is 24.4 Å². The van der Waals surface area contributed by atoms with Gasteiger partial charge in [0.05, 0.1) is 5.69 Å². The van der Waals surface area contributed by atoms with E-state index in [9.17, 15) is 0 Å². The molecule has 0 spiro atoms. The molecule has 0 aliphatic heterocycles. The van der Waals surface area contributed by atoms with E-state index >= 15 is 0 Å². The van der Waals surface area contributed by atoms with Gasteiger partial charge in [-0.1, -0.05) is 0 Å². The second-order valence-electron chi connectivity index (χ2n) is 3.66. The quantitative estimate of drug-likeness (QED) is 0.714. The van der Waals surface area contributed by atoms with Gasteiger partial charge in [0, 0.05) is 24.7 Å². The lowest BCUT2D eigenvalue weighted by molar-refractivity contribution is 0.411. The van der Waals surface area contributed by atoms with Crippen molar-refractivity contribution in [3.05, 3.63) is 17.5 Å². The third kappa shape index (κ3) is 3.16. The van der Waals surface area contributed by atoms with Crippen molar-refractivity contribution in [3.8, 4) is 0 Å². The van der Waals surface area contributed by atoms with Gasteiger partial charge in [-0.2, -0.15) is 5.10 Å². The number of nitrogens with zero attached hydrogens (tertiary/aromatic N) is 2. The van der Waals surface area contributed by atoms with E-state index in [1.165, 1.54) is 0 Å². The summed E-state index contributed by atoms with van der Waals surface area (Å²) in [6.07, 6.45) is 0.993. The van der Waals surface area contributed by atoms with Gasteiger partial charge in [0.25, 0.3) is 0 Å². The number of hydrogen-bond donors (Lipinski definition) is 2. The maximum atomic E-state index is 5.69. The summed E-state index contributed by atoms with van der Waals surface area (Å²) in [5.41, 5.74) is 7.78.